The number of aryl methyl sites for hydroxylation is 3. The minimum Gasteiger partial charge on any atom is -0.264 e. The summed E-state index contributed by atoms with van der Waals surface area (Å²) in [5.74, 6) is 0. The molecule has 0 aliphatic carbocycles. The highest BCUT2D eigenvalue weighted by Gasteiger charge is 2.11. The van der Waals surface area contributed by atoms with Crippen LogP contribution in [0.5, 0.6) is 0 Å². The second kappa shape index (κ2) is 7.42. The van der Waals surface area contributed by atoms with E-state index in [9.17, 15) is 0 Å². The summed E-state index contributed by atoms with van der Waals surface area (Å²) in [5.41, 5.74) is 4.60. The standard InChI is InChI=1S/C19H27N/c1-4-7-9-16-13-15(6-3)18-11-12-20-14-19(18)17(16)10-8-5-2/h11-14H,4-10H2,1-3H3. The predicted octanol–water partition coefficient (Wildman–Crippen LogP) is 5.48. The molecule has 1 heteroatoms. The van der Waals surface area contributed by atoms with Crippen LogP contribution < -0.4 is 0 Å². The van der Waals surface area contributed by atoms with Gasteiger partial charge in [0.25, 0.3) is 0 Å². The molecule has 1 aromatic carbocycles. The van der Waals surface area contributed by atoms with Crippen LogP contribution in [0.15, 0.2) is 24.5 Å². The van der Waals surface area contributed by atoms with Crippen LogP contribution in [0.2, 0.25) is 0 Å². The number of pyridine rings is 1. The Balaban J connectivity index is 2.55. The fourth-order valence-electron chi connectivity index (χ4n) is 2.99. The molecule has 2 aromatic rings. The Kier molecular flexibility index (Phi) is 5.58. The van der Waals surface area contributed by atoms with Crippen LogP contribution >= 0.6 is 0 Å². The normalized spacial score (nSPS) is 11.2. The number of fused-ring (bicyclic) bond motifs is 1. The van der Waals surface area contributed by atoms with Crippen molar-refractivity contribution in [2.24, 2.45) is 0 Å². The van der Waals surface area contributed by atoms with E-state index in [-0.39, 0.29) is 0 Å². The lowest BCUT2D eigenvalue weighted by Crippen LogP contribution is -2.00. The Morgan fingerprint density at radius 1 is 0.900 bits per heavy atom. The average Bonchev–Trinajstić information content (AvgIpc) is 2.50. The van der Waals surface area contributed by atoms with Crippen molar-refractivity contribution >= 4 is 10.8 Å². The first-order valence-electron chi connectivity index (χ1n) is 8.19. The summed E-state index contributed by atoms with van der Waals surface area (Å²) in [5, 5.41) is 2.81. The average molecular weight is 269 g/mol. The highest BCUT2D eigenvalue weighted by molar-refractivity contribution is 5.89. The Labute approximate surface area is 123 Å². The summed E-state index contributed by atoms with van der Waals surface area (Å²) in [7, 11) is 0. The zero-order chi connectivity index (χ0) is 14.4. The van der Waals surface area contributed by atoms with Gasteiger partial charge in [-0.25, -0.2) is 0 Å². The lowest BCUT2D eigenvalue weighted by molar-refractivity contribution is 0.761. The fraction of sp³-hybridized carbons (Fsp3) is 0.526. The monoisotopic (exact) mass is 269 g/mol. The molecule has 20 heavy (non-hydrogen) atoms. The van der Waals surface area contributed by atoms with Gasteiger partial charge in [0, 0.05) is 17.8 Å². The first-order valence-corrected chi connectivity index (χ1v) is 8.19. The topological polar surface area (TPSA) is 12.9 Å². The van der Waals surface area contributed by atoms with Crippen LogP contribution in [0.25, 0.3) is 10.8 Å². The van der Waals surface area contributed by atoms with Crippen LogP contribution in [0.1, 0.15) is 63.1 Å². The van der Waals surface area contributed by atoms with E-state index < -0.39 is 0 Å². The third-order valence-electron chi connectivity index (χ3n) is 4.19. The van der Waals surface area contributed by atoms with Gasteiger partial charge in [-0.1, -0.05) is 39.7 Å². The smallest absolute Gasteiger partial charge is 0.0349 e. The van der Waals surface area contributed by atoms with E-state index in [0.717, 1.165) is 6.42 Å². The molecule has 0 aliphatic heterocycles. The summed E-state index contributed by atoms with van der Waals surface area (Å²) in [4.78, 5) is 4.38. The van der Waals surface area contributed by atoms with Crippen molar-refractivity contribution < 1.29 is 0 Å². The zero-order valence-electron chi connectivity index (χ0n) is 13.2. The van der Waals surface area contributed by atoms with E-state index in [1.165, 1.54) is 54.9 Å². The summed E-state index contributed by atoms with van der Waals surface area (Å²) in [6, 6.07) is 4.65. The van der Waals surface area contributed by atoms with Gasteiger partial charge in [0.1, 0.15) is 0 Å². The van der Waals surface area contributed by atoms with E-state index in [4.69, 9.17) is 0 Å². The summed E-state index contributed by atoms with van der Waals surface area (Å²) in [6.07, 6.45) is 12.6. The van der Waals surface area contributed by atoms with E-state index in [1.54, 1.807) is 11.1 Å². The molecule has 0 bridgehead atoms. The maximum atomic E-state index is 4.38. The minimum atomic E-state index is 1.10. The Morgan fingerprint density at radius 3 is 2.35 bits per heavy atom. The first-order chi connectivity index (χ1) is 9.81. The quantitative estimate of drug-likeness (QED) is 0.648. The molecule has 0 radical (unpaired) electrons. The molecule has 2 rings (SSSR count). The number of aromatic nitrogens is 1. The molecule has 0 saturated carbocycles. The van der Waals surface area contributed by atoms with Crippen molar-refractivity contribution in [3.8, 4) is 0 Å². The van der Waals surface area contributed by atoms with Crippen LogP contribution in [0.4, 0.5) is 0 Å². The second-order valence-electron chi connectivity index (χ2n) is 5.66. The first kappa shape index (κ1) is 15.0. The van der Waals surface area contributed by atoms with E-state index in [1.807, 2.05) is 6.20 Å². The van der Waals surface area contributed by atoms with Crippen molar-refractivity contribution in [3.05, 3.63) is 41.2 Å². The number of nitrogens with zero attached hydrogens (tertiary/aromatic N) is 1. The van der Waals surface area contributed by atoms with Crippen LogP contribution in [0.3, 0.4) is 0 Å². The minimum absolute atomic E-state index is 1.10. The summed E-state index contributed by atoms with van der Waals surface area (Å²) in [6.45, 7) is 6.80. The van der Waals surface area contributed by atoms with Crippen molar-refractivity contribution in [1.29, 1.82) is 0 Å². The van der Waals surface area contributed by atoms with Crippen molar-refractivity contribution in [2.45, 2.75) is 65.7 Å². The molecule has 1 heterocycles. The molecular weight excluding hydrogens is 242 g/mol. The summed E-state index contributed by atoms with van der Waals surface area (Å²) >= 11 is 0. The molecule has 1 nitrogen and oxygen atoms in total. The maximum absolute atomic E-state index is 4.38. The van der Waals surface area contributed by atoms with Gasteiger partial charge in [0.2, 0.25) is 0 Å². The predicted molar refractivity (Wildman–Crippen MR) is 88.3 cm³/mol. The summed E-state index contributed by atoms with van der Waals surface area (Å²) < 4.78 is 0. The molecule has 108 valence electrons. The number of rotatable bonds is 7. The van der Waals surface area contributed by atoms with Gasteiger partial charge in [-0.3, -0.25) is 4.98 Å². The van der Waals surface area contributed by atoms with Gasteiger partial charge >= 0.3 is 0 Å². The molecular formula is C19H27N. The fourth-order valence-corrected chi connectivity index (χ4v) is 2.99. The van der Waals surface area contributed by atoms with E-state index >= 15 is 0 Å². The third-order valence-corrected chi connectivity index (χ3v) is 4.19. The van der Waals surface area contributed by atoms with Gasteiger partial charge < -0.3 is 0 Å². The third kappa shape index (κ3) is 3.20. The largest absolute Gasteiger partial charge is 0.264 e. The van der Waals surface area contributed by atoms with Gasteiger partial charge in [0.05, 0.1) is 0 Å². The molecule has 1 aromatic heterocycles. The Bertz CT molecular complexity index is 557. The molecule has 0 atom stereocenters. The number of unbranched alkanes of at least 4 members (excludes halogenated alkanes) is 2. The molecule has 0 saturated heterocycles. The number of benzene rings is 1. The van der Waals surface area contributed by atoms with Crippen LogP contribution in [-0.4, -0.2) is 4.98 Å². The Morgan fingerprint density at radius 2 is 1.65 bits per heavy atom. The Hall–Kier alpha value is -1.37. The molecule has 0 amide bonds. The van der Waals surface area contributed by atoms with E-state index in [2.05, 4.69) is 44.1 Å². The van der Waals surface area contributed by atoms with Gasteiger partial charge in [-0.05, 0) is 60.2 Å². The highest BCUT2D eigenvalue weighted by Crippen LogP contribution is 2.28. The molecule has 0 aliphatic rings. The highest BCUT2D eigenvalue weighted by atomic mass is 14.6. The van der Waals surface area contributed by atoms with Gasteiger partial charge in [0.15, 0.2) is 0 Å². The number of hydrogen-bond donors (Lipinski definition) is 0. The SMILES string of the molecule is CCCCc1cc(CC)c2ccncc2c1CCCC. The molecule has 0 N–H and O–H groups in total. The van der Waals surface area contributed by atoms with Gasteiger partial charge in [-0.2, -0.15) is 0 Å². The van der Waals surface area contributed by atoms with E-state index in [0.29, 0.717) is 0 Å². The number of hydrogen-bond acceptors (Lipinski definition) is 1. The molecule has 0 fully saturated rings. The van der Waals surface area contributed by atoms with Gasteiger partial charge in [-0.15, -0.1) is 0 Å². The lowest BCUT2D eigenvalue weighted by atomic mass is 9.90. The lowest BCUT2D eigenvalue weighted by Gasteiger charge is -2.16. The van der Waals surface area contributed by atoms with Crippen molar-refractivity contribution in [3.63, 3.8) is 0 Å². The zero-order valence-corrected chi connectivity index (χ0v) is 13.2. The van der Waals surface area contributed by atoms with Crippen LogP contribution in [0, 0.1) is 0 Å². The molecule has 0 unspecified atom stereocenters. The molecule has 0 spiro atoms. The van der Waals surface area contributed by atoms with Crippen LogP contribution in [-0.2, 0) is 19.3 Å². The van der Waals surface area contributed by atoms with Crippen molar-refractivity contribution in [1.82, 2.24) is 4.98 Å². The second-order valence-corrected chi connectivity index (χ2v) is 5.66. The van der Waals surface area contributed by atoms with Crippen molar-refractivity contribution in [2.75, 3.05) is 0 Å². The maximum Gasteiger partial charge on any atom is 0.0349 e.